The number of aromatic nitrogens is 1. The number of hydrogen-bond acceptors (Lipinski definition) is 1. The normalized spacial score (nSPS) is 10.7. The van der Waals surface area contributed by atoms with Gasteiger partial charge in [-0.25, -0.2) is 0 Å². The minimum atomic E-state index is 0.527. The largest absolute Gasteiger partial charge is 0.256 e. The Morgan fingerprint density at radius 3 is 2.71 bits per heavy atom. The Kier molecular flexibility index (Phi) is 2.69. The Labute approximate surface area is 88.7 Å². The van der Waals surface area contributed by atoms with Crippen molar-refractivity contribution in [1.82, 2.24) is 4.98 Å². The summed E-state index contributed by atoms with van der Waals surface area (Å²) < 4.78 is 0. The van der Waals surface area contributed by atoms with Crippen LogP contribution in [0.5, 0.6) is 0 Å². The highest BCUT2D eigenvalue weighted by Crippen LogP contribution is 2.16. The maximum atomic E-state index is 5.76. The van der Waals surface area contributed by atoms with Gasteiger partial charge >= 0.3 is 0 Å². The average molecular weight is 206 g/mol. The van der Waals surface area contributed by atoms with Crippen molar-refractivity contribution in [3.05, 3.63) is 41.6 Å². The molecule has 0 saturated carbocycles. The first-order valence-electron chi connectivity index (χ1n) is 4.77. The van der Waals surface area contributed by atoms with Crippen LogP contribution in [0.1, 0.15) is 18.1 Å². The number of hydrogen-bond donors (Lipinski definition) is 0. The Balaban J connectivity index is 2.60. The standard InChI is InChI=1S/C12H12ClN/c1-2-9-3-4-12-11(5-9)6-10(7-13)8-14-12/h3-6,8H,2,7H2,1H3. The summed E-state index contributed by atoms with van der Waals surface area (Å²) in [6, 6.07) is 8.47. The van der Waals surface area contributed by atoms with Crippen LogP contribution < -0.4 is 0 Å². The molecule has 2 rings (SSSR count). The van der Waals surface area contributed by atoms with Gasteiger partial charge < -0.3 is 0 Å². The van der Waals surface area contributed by atoms with Crippen molar-refractivity contribution in [2.24, 2.45) is 0 Å². The van der Waals surface area contributed by atoms with E-state index < -0.39 is 0 Å². The zero-order valence-corrected chi connectivity index (χ0v) is 8.88. The topological polar surface area (TPSA) is 12.9 Å². The quantitative estimate of drug-likeness (QED) is 0.684. The second-order valence-corrected chi connectivity index (χ2v) is 3.63. The van der Waals surface area contributed by atoms with Gasteiger partial charge in [-0.15, -0.1) is 11.6 Å². The van der Waals surface area contributed by atoms with Gasteiger partial charge in [-0.1, -0.05) is 13.0 Å². The van der Waals surface area contributed by atoms with E-state index in [1.165, 1.54) is 10.9 Å². The Morgan fingerprint density at radius 2 is 2.00 bits per heavy atom. The van der Waals surface area contributed by atoms with Crippen LogP contribution >= 0.6 is 11.6 Å². The van der Waals surface area contributed by atoms with Crippen molar-refractivity contribution in [1.29, 1.82) is 0 Å². The first kappa shape index (κ1) is 9.47. The Morgan fingerprint density at radius 1 is 1.21 bits per heavy atom. The lowest BCUT2D eigenvalue weighted by Crippen LogP contribution is -1.86. The van der Waals surface area contributed by atoms with E-state index in [1.807, 2.05) is 6.20 Å². The van der Waals surface area contributed by atoms with Crippen LogP contribution in [-0.4, -0.2) is 4.98 Å². The maximum absolute atomic E-state index is 5.76. The molecule has 0 N–H and O–H groups in total. The molecular weight excluding hydrogens is 194 g/mol. The lowest BCUT2D eigenvalue weighted by molar-refractivity contribution is 1.14. The number of halogens is 1. The summed E-state index contributed by atoms with van der Waals surface area (Å²) in [5, 5.41) is 1.18. The van der Waals surface area contributed by atoms with E-state index in [9.17, 15) is 0 Å². The Bertz CT molecular complexity index is 412. The van der Waals surface area contributed by atoms with E-state index in [2.05, 4.69) is 36.2 Å². The molecule has 0 unspecified atom stereocenters. The Hall–Kier alpha value is -1.08. The molecule has 1 aromatic carbocycles. The highest BCUT2D eigenvalue weighted by atomic mass is 35.5. The van der Waals surface area contributed by atoms with Crippen LogP contribution in [-0.2, 0) is 12.3 Å². The molecule has 0 bridgehead atoms. The van der Waals surface area contributed by atoms with E-state index in [-0.39, 0.29) is 0 Å². The molecule has 0 atom stereocenters. The number of alkyl halides is 1. The second kappa shape index (κ2) is 3.97. The van der Waals surface area contributed by atoms with E-state index in [0.29, 0.717) is 5.88 Å². The van der Waals surface area contributed by atoms with E-state index in [4.69, 9.17) is 11.6 Å². The summed E-state index contributed by atoms with van der Waals surface area (Å²) in [6.45, 7) is 2.15. The van der Waals surface area contributed by atoms with Crippen molar-refractivity contribution in [3.8, 4) is 0 Å². The SMILES string of the molecule is CCc1ccc2ncc(CCl)cc2c1. The number of benzene rings is 1. The van der Waals surface area contributed by atoms with Gasteiger partial charge in [0.25, 0.3) is 0 Å². The third-order valence-corrected chi connectivity index (χ3v) is 2.67. The van der Waals surface area contributed by atoms with Crippen LogP contribution in [0.3, 0.4) is 0 Å². The van der Waals surface area contributed by atoms with Gasteiger partial charge in [-0.3, -0.25) is 4.98 Å². The molecule has 2 aromatic rings. The predicted octanol–water partition coefficient (Wildman–Crippen LogP) is 3.54. The fraction of sp³-hybridized carbons (Fsp3) is 0.250. The summed E-state index contributed by atoms with van der Waals surface area (Å²) in [5.41, 5.74) is 3.45. The number of aryl methyl sites for hydroxylation is 1. The molecule has 0 saturated heterocycles. The van der Waals surface area contributed by atoms with Gasteiger partial charge in [-0.2, -0.15) is 0 Å². The number of rotatable bonds is 2. The van der Waals surface area contributed by atoms with Crippen LogP contribution in [0.4, 0.5) is 0 Å². The minimum absolute atomic E-state index is 0.527. The maximum Gasteiger partial charge on any atom is 0.0702 e. The molecule has 0 amide bonds. The zero-order valence-electron chi connectivity index (χ0n) is 8.13. The van der Waals surface area contributed by atoms with Gasteiger partial charge in [0, 0.05) is 17.5 Å². The molecule has 0 spiro atoms. The van der Waals surface area contributed by atoms with Crippen LogP contribution in [0.15, 0.2) is 30.5 Å². The van der Waals surface area contributed by atoms with Crippen molar-refractivity contribution >= 4 is 22.5 Å². The van der Waals surface area contributed by atoms with Crippen molar-refractivity contribution in [2.45, 2.75) is 19.2 Å². The molecule has 0 aliphatic heterocycles. The monoisotopic (exact) mass is 205 g/mol. The summed E-state index contributed by atoms with van der Waals surface area (Å²) in [5.74, 6) is 0.527. The number of nitrogens with zero attached hydrogens (tertiary/aromatic N) is 1. The highest BCUT2D eigenvalue weighted by molar-refractivity contribution is 6.17. The lowest BCUT2D eigenvalue weighted by atomic mass is 10.1. The van der Waals surface area contributed by atoms with Crippen molar-refractivity contribution in [3.63, 3.8) is 0 Å². The number of pyridine rings is 1. The fourth-order valence-corrected chi connectivity index (χ4v) is 1.67. The van der Waals surface area contributed by atoms with Gasteiger partial charge in [0.05, 0.1) is 5.52 Å². The predicted molar refractivity (Wildman–Crippen MR) is 60.7 cm³/mol. The summed E-state index contributed by atoms with van der Waals surface area (Å²) >= 11 is 5.76. The molecule has 0 aliphatic carbocycles. The smallest absolute Gasteiger partial charge is 0.0702 e. The summed E-state index contributed by atoms with van der Waals surface area (Å²) in [4.78, 5) is 4.34. The average Bonchev–Trinajstić information content (AvgIpc) is 2.27. The van der Waals surface area contributed by atoms with E-state index >= 15 is 0 Å². The van der Waals surface area contributed by atoms with E-state index in [1.54, 1.807) is 0 Å². The van der Waals surface area contributed by atoms with Gasteiger partial charge in [0.2, 0.25) is 0 Å². The van der Waals surface area contributed by atoms with E-state index in [0.717, 1.165) is 17.5 Å². The number of fused-ring (bicyclic) bond motifs is 1. The molecule has 0 radical (unpaired) electrons. The third kappa shape index (κ3) is 1.73. The zero-order chi connectivity index (χ0) is 9.97. The molecule has 72 valence electrons. The molecule has 1 nitrogen and oxygen atoms in total. The summed E-state index contributed by atoms with van der Waals surface area (Å²) in [7, 11) is 0. The molecule has 2 heteroatoms. The minimum Gasteiger partial charge on any atom is -0.256 e. The molecule has 0 aliphatic rings. The highest BCUT2D eigenvalue weighted by Gasteiger charge is 1.98. The molecular formula is C12H12ClN. The van der Waals surface area contributed by atoms with Crippen molar-refractivity contribution in [2.75, 3.05) is 0 Å². The fourth-order valence-electron chi connectivity index (χ4n) is 1.52. The lowest BCUT2D eigenvalue weighted by Gasteiger charge is -2.02. The molecule has 0 fully saturated rings. The second-order valence-electron chi connectivity index (χ2n) is 3.36. The third-order valence-electron chi connectivity index (χ3n) is 2.36. The summed E-state index contributed by atoms with van der Waals surface area (Å²) in [6.07, 6.45) is 2.89. The first-order valence-corrected chi connectivity index (χ1v) is 5.30. The molecule has 1 aromatic heterocycles. The van der Waals surface area contributed by atoms with Crippen LogP contribution in [0.2, 0.25) is 0 Å². The van der Waals surface area contributed by atoms with Crippen molar-refractivity contribution < 1.29 is 0 Å². The first-order chi connectivity index (χ1) is 6.83. The molecule has 1 heterocycles. The van der Waals surface area contributed by atoms with Gasteiger partial charge in [0.1, 0.15) is 0 Å². The van der Waals surface area contributed by atoms with Crippen LogP contribution in [0.25, 0.3) is 10.9 Å². The van der Waals surface area contributed by atoms with Gasteiger partial charge in [0.15, 0.2) is 0 Å². The van der Waals surface area contributed by atoms with Gasteiger partial charge in [-0.05, 0) is 35.7 Å². The molecule has 14 heavy (non-hydrogen) atoms. The van der Waals surface area contributed by atoms with Crippen LogP contribution in [0, 0.1) is 0 Å².